The molecule has 3 heteroatoms. The van der Waals surface area contributed by atoms with Crippen LogP contribution in [0.15, 0.2) is 0 Å². The van der Waals surface area contributed by atoms with E-state index in [1.807, 2.05) is 0 Å². The Hall–Kier alpha value is -0.120. The Balaban J connectivity index is 1.96. The first-order chi connectivity index (χ1) is 9.31. The largest absolute Gasteiger partial charge is 0.373 e. The van der Waals surface area contributed by atoms with Crippen molar-refractivity contribution >= 4 is 0 Å². The molecule has 2 atom stereocenters. The number of rotatable bonds is 4. The van der Waals surface area contributed by atoms with E-state index in [1.54, 1.807) is 0 Å². The molecular weight excluding hydrogens is 248 g/mol. The van der Waals surface area contributed by atoms with E-state index in [-0.39, 0.29) is 5.60 Å². The molecule has 2 unspecified atom stereocenters. The maximum Gasteiger partial charge on any atom is 0.0753 e. The summed E-state index contributed by atoms with van der Waals surface area (Å²) in [4.78, 5) is 2.62. The Kier molecular flexibility index (Phi) is 5.14. The predicted molar refractivity (Wildman–Crippen MR) is 85.1 cm³/mol. The minimum atomic E-state index is 0.0239. The molecule has 0 aromatic heterocycles. The molecule has 2 fully saturated rings. The summed E-state index contributed by atoms with van der Waals surface area (Å²) >= 11 is 0. The van der Waals surface area contributed by atoms with E-state index in [0.29, 0.717) is 11.5 Å². The van der Waals surface area contributed by atoms with Crippen molar-refractivity contribution < 1.29 is 4.74 Å². The Morgan fingerprint density at radius 3 is 2.65 bits per heavy atom. The van der Waals surface area contributed by atoms with Gasteiger partial charge in [-0.25, -0.2) is 0 Å². The van der Waals surface area contributed by atoms with Crippen LogP contribution in [0.2, 0.25) is 0 Å². The van der Waals surface area contributed by atoms with E-state index in [1.165, 1.54) is 25.8 Å². The van der Waals surface area contributed by atoms with Crippen LogP contribution in [0, 0.1) is 11.3 Å². The van der Waals surface area contributed by atoms with Crippen LogP contribution in [0.3, 0.4) is 0 Å². The van der Waals surface area contributed by atoms with Crippen molar-refractivity contribution in [3.8, 4) is 0 Å². The first kappa shape index (κ1) is 16.3. The first-order valence-electron chi connectivity index (χ1n) is 8.41. The molecule has 118 valence electrons. The zero-order valence-corrected chi connectivity index (χ0v) is 14.2. The van der Waals surface area contributed by atoms with Crippen LogP contribution in [0.25, 0.3) is 0 Å². The van der Waals surface area contributed by atoms with E-state index in [2.05, 4.69) is 44.8 Å². The monoisotopic (exact) mass is 282 g/mol. The van der Waals surface area contributed by atoms with Crippen LogP contribution in [0.1, 0.15) is 53.9 Å². The molecule has 3 nitrogen and oxygen atoms in total. The van der Waals surface area contributed by atoms with Gasteiger partial charge in [0.25, 0.3) is 0 Å². The number of hydrogen-bond acceptors (Lipinski definition) is 3. The molecule has 1 saturated carbocycles. The molecule has 1 heterocycles. The average molecular weight is 282 g/mol. The van der Waals surface area contributed by atoms with Crippen LogP contribution < -0.4 is 5.32 Å². The second-order valence-electron chi connectivity index (χ2n) is 8.17. The summed E-state index contributed by atoms with van der Waals surface area (Å²) in [6.45, 7) is 16.9. The van der Waals surface area contributed by atoms with Crippen LogP contribution in [-0.2, 0) is 4.74 Å². The van der Waals surface area contributed by atoms with Crippen LogP contribution in [0.5, 0.6) is 0 Å². The normalized spacial score (nSPS) is 34.0. The van der Waals surface area contributed by atoms with Crippen molar-refractivity contribution in [2.24, 2.45) is 11.3 Å². The minimum Gasteiger partial charge on any atom is -0.373 e. The molecule has 1 N–H and O–H groups in total. The summed E-state index contributed by atoms with van der Waals surface area (Å²) in [5, 5.41) is 3.72. The summed E-state index contributed by atoms with van der Waals surface area (Å²) in [5.74, 6) is 0.785. The van der Waals surface area contributed by atoms with Gasteiger partial charge in [0.15, 0.2) is 0 Å². The fourth-order valence-corrected chi connectivity index (χ4v) is 4.06. The van der Waals surface area contributed by atoms with E-state index in [4.69, 9.17) is 4.74 Å². The zero-order chi connectivity index (χ0) is 14.8. The number of nitrogens with zero attached hydrogens (tertiary/aromatic N) is 1. The smallest absolute Gasteiger partial charge is 0.0753 e. The van der Waals surface area contributed by atoms with Crippen LogP contribution >= 0.6 is 0 Å². The summed E-state index contributed by atoms with van der Waals surface area (Å²) in [6, 6.07) is 0.707. The standard InChI is InChI=1S/C17H34N2O/c1-6-18-15-7-8-16(2,3)11-14(15)12-19-9-10-20-17(4,5)13-19/h14-15,18H,6-13H2,1-5H3. The van der Waals surface area contributed by atoms with Crippen molar-refractivity contribution in [3.05, 3.63) is 0 Å². The lowest BCUT2D eigenvalue weighted by Crippen LogP contribution is -2.53. The Morgan fingerprint density at radius 1 is 1.25 bits per heavy atom. The third kappa shape index (κ3) is 4.44. The highest BCUT2D eigenvalue weighted by molar-refractivity contribution is 4.91. The Labute approximate surface area is 125 Å². The molecule has 1 saturated heterocycles. The molecule has 1 aliphatic heterocycles. The third-order valence-electron chi connectivity index (χ3n) is 4.98. The maximum atomic E-state index is 5.84. The van der Waals surface area contributed by atoms with Crippen molar-refractivity contribution in [1.29, 1.82) is 0 Å². The van der Waals surface area contributed by atoms with Gasteiger partial charge < -0.3 is 10.1 Å². The van der Waals surface area contributed by atoms with E-state index >= 15 is 0 Å². The summed E-state index contributed by atoms with van der Waals surface area (Å²) in [6.07, 6.45) is 4.04. The number of morpholine rings is 1. The van der Waals surface area contributed by atoms with Gasteiger partial charge in [-0.05, 0) is 51.0 Å². The number of ether oxygens (including phenoxy) is 1. The van der Waals surface area contributed by atoms with Gasteiger partial charge in [-0.1, -0.05) is 20.8 Å². The van der Waals surface area contributed by atoms with Gasteiger partial charge in [0.05, 0.1) is 12.2 Å². The minimum absolute atomic E-state index is 0.0239. The summed E-state index contributed by atoms with van der Waals surface area (Å²) in [7, 11) is 0. The van der Waals surface area contributed by atoms with Gasteiger partial charge >= 0.3 is 0 Å². The van der Waals surface area contributed by atoms with E-state index < -0.39 is 0 Å². The summed E-state index contributed by atoms with van der Waals surface area (Å²) < 4.78 is 5.84. The predicted octanol–water partition coefficient (Wildman–Crippen LogP) is 2.90. The highest BCUT2D eigenvalue weighted by Gasteiger charge is 2.37. The fraction of sp³-hybridized carbons (Fsp3) is 1.00. The lowest BCUT2D eigenvalue weighted by Gasteiger charge is -2.45. The van der Waals surface area contributed by atoms with E-state index in [0.717, 1.165) is 32.2 Å². The van der Waals surface area contributed by atoms with Gasteiger partial charge in [0, 0.05) is 25.7 Å². The quantitative estimate of drug-likeness (QED) is 0.858. The zero-order valence-electron chi connectivity index (χ0n) is 14.2. The van der Waals surface area contributed by atoms with Crippen molar-refractivity contribution in [3.63, 3.8) is 0 Å². The second-order valence-corrected chi connectivity index (χ2v) is 8.17. The SMILES string of the molecule is CCNC1CCC(C)(C)CC1CN1CCOC(C)(C)C1. The van der Waals surface area contributed by atoms with E-state index in [9.17, 15) is 0 Å². The highest BCUT2D eigenvalue weighted by atomic mass is 16.5. The maximum absolute atomic E-state index is 5.84. The molecule has 0 bridgehead atoms. The van der Waals surface area contributed by atoms with Gasteiger partial charge in [-0.3, -0.25) is 4.90 Å². The van der Waals surface area contributed by atoms with Crippen molar-refractivity contribution in [1.82, 2.24) is 10.2 Å². The molecule has 0 aromatic rings. The Morgan fingerprint density at radius 2 is 2.00 bits per heavy atom. The molecule has 20 heavy (non-hydrogen) atoms. The lowest BCUT2D eigenvalue weighted by molar-refractivity contribution is -0.0922. The topological polar surface area (TPSA) is 24.5 Å². The van der Waals surface area contributed by atoms with Gasteiger partial charge in [0.1, 0.15) is 0 Å². The number of nitrogens with one attached hydrogen (secondary N) is 1. The Bertz CT molecular complexity index is 314. The third-order valence-corrected chi connectivity index (χ3v) is 4.98. The van der Waals surface area contributed by atoms with Gasteiger partial charge in [0.2, 0.25) is 0 Å². The van der Waals surface area contributed by atoms with Crippen molar-refractivity contribution in [2.45, 2.75) is 65.5 Å². The van der Waals surface area contributed by atoms with Gasteiger partial charge in [-0.2, -0.15) is 0 Å². The average Bonchev–Trinajstić information content (AvgIpc) is 2.31. The highest BCUT2D eigenvalue weighted by Crippen LogP contribution is 2.39. The molecule has 2 rings (SSSR count). The van der Waals surface area contributed by atoms with Gasteiger partial charge in [-0.15, -0.1) is 0 Å². The second kappa shape index (κ2) is 6.33. The molecular formula is C17H34N2O. The molecule has 2 aliphatic rings. The summed E-state index contributed by atoms with van der Waals surface area (Å²) in [5.41, 5.74) is 0.536. The molecule has 0 amide bonds. The molecule has 0 radical (unpaired) electrons. The lowest BCUT2D eigenvalue weighted by atomic mass is 9.69. The molecule has 0 aromatic carbocycles. The fourth-order valence-electron chi connectivity index (χ4n) is 4.06. The van der Waals surface area contributed by atoms with Crippen LogP contribution in [-0.4, -0.2) is 49.3 Å². The van der Waals surface area contributed by atoms with Crippen LogP contribution in [0.4, 0.5) is 0 Å². The number of hydrogen-bond donors (Lipinski definition) is 1. The van der Waals surface area contributed by atoms with Crippen molar-refractivity contribution in [2.75, 3.05) is 32.8 Å². The molecule has 1 aliphatic carbocycles. The molecule has 0 spiro atoms. The first-order valence-corrected chi connectivity index (χ1v) is 8.41.